The van der Waals surface area contributed by atoms with Gasteiger partial charge in [-0.25, -0.2) is 23.9 Å². The molecule has 1 aliphatic rings. The number of aromatic amines is 1. The van der Waals surface area contributed by atoms with Crippen LogP contribution >= 0.6 is 0 Å². The molecule has 11 heteroatoms. The fourth-order valence-electron chi connectivity index (χ4n) is 5.98. The summed E-state index contributed by atoms with van der Waals surface area (Å²) >= 11 is 0. The molecule has 260 valence electrons. The van der Waals surface area contributed by atoms with E-state index in [-0.39, 0.29) is 18.7 Å². The Morgan fingerprint density at radius 1 is 0.860 bits per heavy atom. The van der Waals surface area contributed by atoms with E-state index in [2.05, 4.69) is 15.3 Å². The Balaban J connectivity index is 1.23. The summed E-state index contributed by atoms with van der Waals surface area (Å²) in [6, 6.07) is 24.4. The standard InChI is InChI=1S/C39H43N5O6/c1-38(2,3)49-35(45)41-29-18-19-31-28(21-29)22-33(44(31)37(47)50-39(4,5)6)27-16-14-26(15-17-27)30-23-40-34(42-30)32-13-10-20-43(32)36(46)48-24-25-11-8-7-9-12-25/h7-9,11-12,14-19,21-23,32H,10,13,20,24H2,1-6H3,(H,40,42)(H,41,45)/t32-/m0/s1. The van der Waals surface area contributed by atoms with Crippen LogP contribution in [0, 0.1) is 0 Å². The van der Waals surface area contributed by atoms with Crippen LogP contribution in [0.1, 0.15) is 71.8 Å². The van der Waals surface area contributed by atoms with Gasteiger partial charge < -0.3 is 19.2 Å². The highest BCUT2D eigenvalue weighted by molar-refractivity contribution is 5.99. The summed E-state index contributed by atoms with van der Waals surface area (Å²) in [4.78, 5) is 48.8. The lowest BCUT2D eigenvalue weighted by Crippen LogP contribution is -2.31. The molecule has 2 amide bonds. The molecule has 0 unspecified atom stereocenters. The Morgan fingerprint density at radius 3 is 2.26 bits per heavy atom. The Bertz CT molecular complexity index is 2000. The maximum Gasteiger partial charge on any atom is 0.419 e. The molecule has 1 aliphatic heterocycles. The first-order chi connectivity index (χ1) is 23.7. The smallest absolute Gasteiger partial charge is 0.419 e. The number of ether oxygens (including phenoxy) is 3. The average Bonchev–Trinajstić information content (AvgIpc) is 3.81. The molecular formula is C39H43N5O6. The number of hydrogen-bond acceptors (Lipinski definition) is 7. The summed E-state index contributed by atoms with van der Waals surface area (Å²) in [7, 11) is 0. The predicted molar refractivity (Wildman–Crippen MR) is 192 cm³/mol. The Hall–Kier alpha value is -5.58. The minimum absolute atomic E-state index is 0.203. The van der Waals surface area contributed by atoms with Gasteiger partial charge in [-0.15, -0.1) is 0 Å². The summed E-state index contributed by atoms with van der Waals surface area (Å²) in [5.74, 6) is 0.707. The van der Waals surface area contributed by atoms with E-state index in [0.29, 0.717) is 29.3 Å². The van der Waals surface area contributed by atoms with E-state index in [1.165, 1.54) is 0 Å². The number of amides is 2. The molecule has 0 radical (unpaired) electrons. The molecule has 1 fully saturated rings. The monoisotopic (exact) mass is 677 g/mol. The summed E-state index contributed by atoms with van der Waals surface area (Å²) in [6.07, 6.45) is 1.99. The van der Waals surface area contributed by atoms with E-state index in [1.54, 1.807) is 54.6 Å². The number of carbonyl (C=O) groups excluding carboxylic acids is 3. The van der Waals surface area contributed by atoms with Crippen LogP contribution in [-0.4, -0.2) is 55.5 Å². The first-order valence-electron chi connectivity index (χ1n) is 16.8. The molecule has 2 aromatic heterocycles. The van der Waals surface area contributed by atoms with Gasteiger partial charge in [0.05, 0.1) is 29.1 Å². The first-order valence-corrected chi connectivity index (χ1v) is 16.8. The third-order valence-electron chi connectivity index (χ3n) is 8.12. The number of anilines is 1. The topological polar surface area (TPSA) is 128 Å². The molecule has 1 saturated heterocycles. The van der Waals surface area contributed by atoms with Crippen LogP contribution in [-0.2, 0) is 20.8 Å². The second kappa shape index (κ2) is 13.7. The molecule has 0 aliphatic carbocycles. The van der Waals surface area contributed by atoms with Crippen LogP contribution in [0.3, 0.4) is 0 Å². The molecule has 0 bridgehead atoms. The molecule has 3 heterocycles. The van der Waals surface area contributed by atoms with Gasteiger partial charge in [-0.2, -0.15) is 0 Å². The van der Waals surface area contributed by atoms with Crippen molar-refractivity contribution in [3.63, 3.8) is 0 Å². The number of nitrogens with one attached hydrogen (secondary N) is 2. The van der Waals surface area contributed by atoms with Gasteiger partial charge in [-0.3, -0.25) is 10.2 Å². The zero-order valence-electron chi connectivity index (χ0n) is 29.3. The van der Waals surface area contributed by atoms with Crippen LogP contribution in [0.5, 0.6) is 0 Å². The maximum absolute atomic E-state index is 13.6. The molecule has 6 rings (SSSR count). The zero-order valence-corrected chi connectivity index (χ0v) is 29.3. The van der Waals surface area contributed by atoms with Crippen molar-refractivity contribution in [3.8, 4) is 22.5 Å². The normalized spacial score (nSPS) is 14.8. The largest absolute Gasteiger partial charge is 0.445 e. The van der Waals surface area contributed by atoms with Crippen LogP contribution < -0.4 is 5.32 Å². The fourth-order valence-corrected chi connectivity index (χ4v) is 5.98. The molecule has 0 saturated carbocycles. The highest BCUT2D eigenvalue weighted by atomic mass is 16.6. The van der Waals surface area contributed by atoms with Gasteiger partial charge >= 0.3 is 18.3 Å². The molecule has 3 aromatic carbocycles. The van der Waals surface area contributed by atoms with Gasteiger partial charge in [-0.1, -0.05) is 54.6 Å². The number of hydrogen-bond donors (Lipinski definition) is 2. The molecule has 5 aromatic rings. The third-order valence-corrected chi connectivity index (χ3v) is 8.12. The number of fused-ring (bicyclic) bond motifs is 1. The van der Waals surface area contributed by atoms with Crippen molar-refractivity contribution in [3.05, 3.63) is 96.4 Å². The van der Waals surface area contributed by atoms with Crippen molar-refractivity contribution < 1.29 is 28.6 Å². The summed E-state index contributed by atoms with van der Waals surface area (Å²) in [5.41, 5.74) is 3.89. The van der Waals surface area contributed by atoms with E-state index >= 15 is 0 Å². The van der Waals surface area contributed by atoms with E-state index in [0.717, 1.165) is 40.6 Å². The number of carbonyl (C=O) groups is 3. The number of imidazole rings is 1. The van der Waals surface area contributed by atoms with Gasteiger partial charge in [-0.05, 0) is 95.3 Å². The van der Waals surface area contributed by atoms with Crippen molar-refractivity contribution in [1.82, 2.24) is 19.4 Å². The van der Waals surface area contributed by atoms with Crippen LogP contribution in [0.25, 0.3) is 33.4 Å². The van der Waals surface area contributed by atoms with E-state index in [4.69, 9.17) is 14.2 Å². The van der Waals surface area contributed by atoms with E-state index < -0.39 is 23.4 Å². The van der Waals surface area contributed by atoms with Crippen molar-refractivity contribution in [2.75, 3.05) is 11.9 Å². The van der Waals surface area contributed by atoms with E-state index in [9.17, 15) is 14.4 Å². The van der Waals surface area contributed by atoms with Crippen molar-refractivity contribution in [2.45, 2.75) is 78.2 Å². The Labute approximate surface area is 291 Å². The van der Waals surface area contributed by atoms with Gasteiger partial charge in [0.1, 0.15) is 23.6 Å². The number of likely N-dealkylation sites (tertiary alicyclic amines) is 1. The summed E-state index contributed by atoms with van der Waals surface area (Å²) in [5, 5.41) is 3.51. The van der Waals surface area contributed by atoms with Crippen LogP contribution in [0.15, 0.2) is 85.1 Å². The van der Waals surface area contributed by atoms with Gasteiger partial charge in [0.25, 0.3) is 0 Å². The fraction of sp³-hybridized carbons (Fsp3) is 0.333. The van der Waals surface area contributed by atoms with Crippen LogP contribution in [0.2, 0.25) is 0 Å². The molecule has 11 nitrogen and oxygen atoms in total. The maximum atomic E-state index is 13.6. The quantitative estimate of drug-likeness (QED) is 0.171. The van der Waals surface area contributed by atoms with Gasteiger partial charge in [0, 0.05) is 17.6 Å². The second-order valence-electron chi connectivity index (χ2n) is 14.4. The number of rotatable bonds is 6. The Kier molecular flexibility index (Phi) is 9.42. The molecule has 0 spiro atoms. The first kappa shape index (κ1) is 34.3. The average molecular weight is 678 g/mol. The lowest BCUT2D eigenvalue weighted by atomic mass is 10.1. The number of nitrogens with zero attached hydrogens (tertiary/aromatic N) is 3. The molecule has 1 atom stereocenters. The third kappa shape index (κ3) is 7.99. The van der Waals surface area contributed by atoms with Crippen molar-refractivity contribution in [1.29, 1.82) is 0 Å². The zero-order chi connectivity index (χ0) is 35.6. The number of benzene rings is 3. The van der Waals surface area contributed by atoms with E-state index in [1.807, 2.05) is 81.4 Å². The van der Waals surface area contributed by atoms with Crippen LogP contribution in [0.4, 0.5) is 20.1 Å². The molecular weight excluding hydrogens is 634 g/mol. The van der Waals surface area contributed by atoms with Gasteiger partial charge in [0.15, 0.2) is 0 Å². The highest BCUT2D eigenvalue weighted by Gasteiger charge is 2.33. The molecule has 50 heavy (non-hydrogen) atoms. The predicted octanol–water partition coefficient (Wildman–Crippen LogP) is 9.30. The summed E-state index contributed by atoms with van der Waals surface area (Å²) < 4.78 is 18.4. The minimum Gasteiger partial charge on any atom is -0.445 e. The Morgan fingerprint density at radius 2 is 1.56 bits per heavy atom. The highest BCUT2D eigenvalue weighted by Crippen LogP contribution is 2.35. The SMILES string of the molecule is CC(C)(C)OC(=O)Nc1ccc2c(c1)cc(-c1ccc(-c3cnc([C@@H]4CCCN4C(=O)OCc4ccccc4)[nH]3)cc1)n2C(=O)OC(C)(C)C. The molecule has 2 N–H and O–H groups in total. The lowest BCUT2D eigenvalue weighted by molar-refractivity contribution is 0.0545. The number of aromatic nitrogens is 3. The minimum atomic E-state index is -0.709. The van der Waals surface area contributed by atoms with Crippen molar-refractivity contribution in [2.24, 2.45) is 0 Å². The van der Waals surface area contributed by atoms with Gasteiger partial charge in [0.2, 0.25) is 0 Å². The van der Waals surface area contributed by atoms with Crippen molar-refractivity contribution >= 4 is 34.9 Å². The lowest BCUT2D eigenvalue weighted by Gasteiger charge is -2.22. The second-order valence-corrected chi connectivity index (χ2v) is 14.4. The number of H-pyrrole nitrogens is 1. The summed E-state index contributed by atoms with van der Waals surface area (Å²) in [6.45, 7) is 11.7.